The summed E-state index contributed by atoms with van der Waals surface area (Å²) in [6.07, 6.45) is 9.13. The van der Waals surface area contributed by atoms with E-state index in [4.69, 9.17) is 0 Å². The normalized spacial score (nSPS) is 11.3. The largest absolute Gasteiger partial charge is 0.270 e. The van der Waals surface area contributed by atoms with E-state index in [0.29, 0.717) is 11.1 Å². The average molecular weight is 352 g/mol. The van der Waals surface area contributed by atoms with E-state index in [0.717, 1.165) is 24.0 Å². The van der Waals surface area contributed by atoms with Crippen molar-refractivity contribution in [2.24, 2.45) is 0 Å². The first kappa shape index (κ1) is 19.1. The highest BCUT2D eigenvalue weighted by Gasteiger charge is 2.15. The van der Waals surface area contributed by atoms with Crippen LogP contribution < -0.4 is 0 Å². The van der Waals surface area contributed by atoms with E-state index < -0.39 is 9.85 Å². The Morgan fingerprint density at radius 1 is 0.769 bits per heavy atom. The van der Waals surface area contributed by atoms with Gasteiger partial charge in [-0.05, 0) is 47.2 Å². The molecule has 0 spiro atoms. The molecule has 0 saturated heterocycles. The van der Waals surface area contributed by atoms with Crippen LogP contribution in [-0.2, 0) is 0 Å². The van der Waals surface area contributed by atoms with Crippen LogP contribution in [-0.4, -0.2) is 9.85 Å². The molecular formula is C20H20N2O4. The number of nitrogens with zero attached hydrogens (tertiary/aromatic N) is 2. The molecule has 0 amide bonds. The molecule has 0 atom stereocenters. The van der Waals surface area contributed by atoms with Crippen LogP contribution in [0.5, 0.6) is 0 Å². The molecular weight excluding hydrogens is 332 g/mol. The summed E-state index contributed by atoms with van der Waals surface area (Å²) in [4.78, 5) is 21.3. The number of nitro groups is 2. The highest BCUT2D eigenvalue weighted by atomic mass is 16.6. The molecule has 0 heterocycles. The Labute approximate surface area is 151 Å². The number of benzene rings is 2. The summed E-state index contributed by atoms with van der Waals surface area (Å²) in [5.41, 5.74) is 3.04. The minimum atomic E-state index is -0.430. The zero-order chi connectivity index (χ0) is 19.1. The molecule has 0 saturated carbocycles. The molecule has 0 aliphatic heterocycles. The van der Waals surface area contributed by atoms with Crippen LogP contribution in [0.15, 0.2) is 48.6 Å². The van der Waals surface area contributed by atoms with Crippen LogP contribution in [0.3, 0.4) is 0 Å². The van der Waals surface area contributed by atoms with Gasteiger partial charge in [0.1, 0.15) is 0 Å². The maximum absolute atomic E-state index is 11.1. The zero-order valence-corrected chi connectivity index (χ0v) is 14.7. The number of hydrogen-bond acceptors (Lipinski definition) is 4. The second-order valence-corrected chi connectivity index (χ2v) is 5.68. The Bertz CT molecular complexity index is 812. The van der Waals surface area contributed by atoms with Crippen molar-refractivity contribution < 1.29 is 9.85 Å². The van der Waals surface area contributed by atoms with Gasteiger partial charge in [-0.1, -0.05) is 38.2 Å². The Hall–Kier alpha value is -3.28. The Kier molecular flexibility index (Phi) is 6.38. The van der Waals surface area contributed by atoms with Gasteiger partial charge in [0, 0.05) is 24.3 Å². The molecule has 0 aliphatic rings. The van der Waals surface area contributed by atoms with E-state index in [1.807, 2.05) is 38.2 Å². The predicted octanol–water partition coefficient (Wildman–Crippen LogP) is 6.02. The molecule has 0 unspecified atom stereocenters. The standard InChI is InChI=1S/C20H20N2O4/c1-3-5-7-15-13-17(21(23)24)9-11-19(15)20-12-10-18(22(25)26)14-16(20)8-6-4-2/h5-14H,3-4H2,1-2H3/b7-5+,8-6+. The number of rotatable bonds is 7. The molecule has 2 aromatic rings. The van der Waals surface area contributed by atoms with Gasteiger partial charge in [-0.2, -0.15) is 0 Å². The lowest BCUT2D eigenvalue weighted by Gasteiger charge is -2.10. The van der Waals surface area contributed by atoms with E-state index >= 15 is 0 Å². The van der Waals surface area contributed by atoms with Crippen molar-refractivity contribution in [3.63, 3.8) is 0 Å². The lowest BCUT2D eigenvalue weighted by Crippen LogP contribution is -1.94. The van der Waals surface area contributed by atoms with Crippen LogP contribution in [0.1, 0.15) is 37.8 Å². The van der Waals surface area contributed by atoms with E-state index in [1.165, 1.54) is 24.3 Å². The summed E-state index contributed by atoms with van der Waals surface area (Å²) < 4.78 is 0. The van der Waals surface area contributed by atoms with Gasteiger partial charge in [-0.25, -0.2) is 0 Å². The summed E-state index contributed by atoms with van der Waals surface area (Å²) >= 11 is 0. The summed E-state index contributed by atoms with van der Waals surface area (Å²) in [6.45, 7) is 3.96. The smallest absolute Gasteiger partial charge is 0.258 e. The summed E-state index contributed by atoms with van der Waals surface area (Å²) in [5.74, 6) is 0. The molecule has 0 fully saturated rings. The van der Waals surface area contributed by atoms with Gasteiger partial charge >= 0.3 is 0 Å². The Balaban J connectivity index is 2.69. The van der Waals surface area contributed by atoms with Crippen molar-refractivity contribution in [3.05, 3.63) is 79.9 Å². The zero-order valence-electron chi connectivity index (χ0n) is 14.7. The van der Waals surface area contributed by atoms with E-state index in [2.05, 4.69) is 0 Å². The lowest BCUT2D eigenvalue weighted by molar-refractivity contribution is -0.385. The van der Waals surface area contributed by atoms with Crippen LogP contribution >= 0.6 is 0 Å². The SMILES string of the molecule is CC/C=C/c1cc([N+](=O)[O-])ccc1-c1ccc([N+](=O)[O-])cc1/C=C/CC. The molecule has 0 bridgehead atoms. The molecule has 2 rings (SSSR count). The summed E-state index contributed by atoms with van der Waals surface area (Å²) in [7, 11) is 0. The third-order valence-corrected chi connectivity index (χ3v) is 3.85. The van der Waals surface area contributed by atoms with E-state index in [-0.39, 0.29) is 11.4 Å². The van der Waals surface area contributed by atoms with Crippen LogP contribution in [0, 0.1) is 20.2 Å². The molecule has 6 nitrogen and oxygen atoms in total. The second-order valence-electron chi connectivity index (χ2n) is 5.68. The van der Waals surface area contributed by atoms with Crippen LogP contribution in [0.25, 0.3) is 23.3 Å². The predicted molar refractivity (Wildman–Crippen MR) is 104 cm³/mol. The van der Waals surface area contributed by atoms with Gasteiger partial charge in [0.2, 0.25) is 0 Å². The van der Waals surface area contributed by atoms with Crippen LogP contribution in [0.2, 0.25) is 0 Å². The third kappa shape index (κ3) is 4.42. The first-order chi connectivity index (χ1) is 12.5. The molecule has 0 N–H and O–H groups in total. The van der Waals surface area contributed by atoms with Crippen molar-refractivity contribution in [1.82, 2.24) is 0 Å². The van der Waals surface area contributed by atoms with Crippen molar-refractivity contribution in [1.29, 1.82) is 0 Å². The summed E-state index contributed by atoms with van der Waals surface area (Å²) in [6, 6.07) is 9.34. The average Bonchev–Trinajstić information content (AvgIpc) is 2.64. The van der Waals surface area contributed by atoms with Crippen LogP contribution in [0.4, 0.5) is 11.4 Å². The number of non-ortho nitro benzene ring substituents is 2. The Morgan fingerprint density at radius 3 is 1.46 bits per heavy atom. The first-order valence-electron chi connectivity index (χ1n) is 8.38. The minimum Gasteiger partial charge on any atom is -0.258 e. The maximum atomic E-state index is 11.1. The second kappa shape index (κ2) is 8.71. The Morgan fingerprint density at radius 2 is 1.15 bits per heavy atom. The number of allylic oxidation sites excluding steroid dienone is 2. The fraction of sp³-hybridized carbons (Fsp3) is 0.200. The molecule has 0 aliphatic carbocycles. The van der Waals surface area contributed by atoms with E-state index in [9.17, 15) is 20.2 Å². The fourth-order valence-corrected chi connectivity index (χ4v) is 2.58. The number of hydrogen-bond donors (Lipinski definition) is 0. The lowest BCUT2D eigenvalue weighted by atomic mass is 9.93. The molecule has 134 valence electrons. The van der Waals surface area contributed by atoms with Crippen molar-refractivity contribution in [2.75, 3.05) is 0 Å². The molecule has 2 aromatic carbocycles. The molecule has 6 heteroatoms. The highest BCUT2D eigenvalue weighted by molar-refractivity contribution is 5.83. The van der Waals surface area contributed by atoms with Gasteiger partial charge in [-0.15, -0.1) is 0 Å². The van der Waals surface area contributed by atoms with Gasteiger partial charge in [0.15, 0.2) is 0 Å². The van der Waals surface area contributed by atoms with Crippen molar-refractivity contribution in [2.45, 2.75) is 26.7 Å². The summed E-state index contributed by atoms with van der Waals surface area (Å²) in [5, 5.41) is 22.2. The third-order valence-electron chi connectivity index (χ3n) is 3.85. The molecule has 0 aromatic heterocycles. The maximum Gasteiger partial charge on any atom is 0.270 e. The molecule has 26 heavy (non-hydrogen) atoms. The number of nitro benzene ring substituents is 2. The van der Waals surface area contributed by atoms with E-state index in [1.54, 1.807) is 12.1 Å². The van der Waals surface area contributed by atoms with Gasteiger partial charge in [0.25, 0.3) is 11.4 Å². The van der Waals surface area contributed by atoms with Crippen molar-refractivity contribution in [3.8, 4) is 11.1 Å². The van der Waals surface area contributed by atoms with Gasteiger partial charge < -0.3 is 0 Å². The van der Waals surface area contributed by atoms with Crippen molar-refractivity contribution >= 4 is 23.5 Å². The quantitative estimate of drug-likeness (QED) is 0.450. The highest BCUT2D eigenvalue weighted by Crippen LogP contribution is 2.33. The first-order valence-corrected chi connectivity index (χ1v) is 8.38. The van der Waals surface area contributed by atoms with Gasteiger partial charge in [-0.3, -0.25) is 20.2 Å². The topological polar surface area (TPSA) is 86.3 Å². The van der Waals surface area contributed by atoms with Gasteiger partial charge in [0.05, 0.1) is 9.85 Å². The molecule has 0 radical (unpaired) electrons. The minimum absolute atomic E-state index is 0.0112. The monoisotopic (exact) mass is 352 g/mol. The fourth-order valence-electron chi connectivity index (χ4n) is 2.58.